The van der Waals surface area contributed by atoms with Crippen LogP contribution in [0.2, 0.25) is 0 Å². The van der Waals surface area contributed by atoms with Crippen molar-refractivity contribution in [3.8, 4) is 0 Å². The first kappa shape index (κ1) is 20.8. The highest BCUT2D eigenvalue weighted by Crippen LogP contribution is 2.32. The van der Waals surface area contributed by atoms with Crippen LogP contribution in [0.1, 0.15) is 25.6 Å². The average Bonchev–Trinajstić information content (AvgIpc) is 3.26. The molecule has 0 unspecified atom stereocenters. The lowest BCUT2D eigenvalue weighted by atomic mass is 10.1. The fourth-order valence-electron chi connectivity index (χ4n) is 3.01. The van der Waals surface area contributed by atoms with Gasteiger partial charge in [-0.15, -0.1) is 11.3 Å². The molecular formula is C19H18F3N3O3S. The van der Waals surface area contributed by atoms with Gasteiger partial charge in [0.1, 0.15) is 0 Å². The number of carbonyl (C=O) groups is 3. The van der Waals surface area contributed by atoms with E-state index in [0.29, 0.717) is 4.88 Å². The first-order valence-corrected chi connectivity index (χ1v) is 9.70. The maximum Gasteiger partial charge on any atom is 0.417 e. The average molecular weight is 425 g/mol. The van der Waals surface area contributed by atoms with Gasteiger partial charge in [0.2, 0.25) is 5.91 Å². The maximum atomic E-state index is 13.1. The molecule has 3 rings (SSSR count). The number of nitrogens with zero attached hydrogens (tertiary/aromatic N) is 2. The molecule has 6 nitrogen and oxygen atoms in total. The van der Waals surface area contributed by atoms with E-state index in [1.54, 1.807) is 17.5 Å². The molecule has 154 valence electrons. The Labute approximate surface area is 168 Å². The zero-order chi connectivity index (χ0) is 21.0. The molecule has 0 saturated carbocycles. The monoisotopic (exact) mass is 425 g/mol. The third-order valence-electron chi connectivity index (χ3n) is 4.53. The number of rotatable bonds is 4. The van der Waals surface area contributed by atoms with Gasteiger partial charge in [-0.2, -0.15) is 13.2 Å². The quantitative estimate of drug-likeness (QED) is 0.818. The van der Waals surface area contributed by atoms with Crippen LogP contribution in [-0.2, 0) is 11.0 Å². The number of piperazine rings is 1. The van der Waals surface area contributed by atoms with Crippen molar-refractivity contribution in [1.82, 2.24) is 15.1 Å². The van der Waals surface area contributed by atoms with E-state index in [2.05, 4.69) is 5.32 Å². The minimum atomic E-state index is -4.62. The Bertz CT molecular complexity index is 892. The molecule has 0 aliphatic carbocycles. The van der Waals surface area contributed by atoms with Crippen molar-refractivity contribution in [2.24, 2.45) is 0 Å². The van der Waals surface area contributed by atoms with E-state index < -0.39 is 23.2 Å². The van der Waals surface area contributed by atoms with Gasteiger partial charge in [-0.25, -0.2) is 0 Å². The number of nitrogens with one attached hydrogen (secondary N) is 1. The Morgan fingerprint density at radius 1 is 0.966 bits per heavy atom. The van der Waals surface area contributed by atoms with Gasteiger partial charge in [-0.1, -0.05) is 18.2 Å². The van der Waals surface area contributed by atoms with Crippen LogP contribution >= 0.6 is 11.3 Å². The Kier molecular flexibility index (Phi) is 6.21. The molecule has 10 heteroatoms. The predicted octanol–water partition coefficient (Wildman–Crippen LogP) is 2.48. The largest absolute Gasteiger partial charge is 0.417 e. The Balaban J connectivity index is 1.55. The van der Waals surface area contributed by atoms with Gasteiger partial charge in [0.25, 0.3) is 11.8 Å². The molecule has 1 aromatic carbocycles. The van der Waals surface area contributed by atoms with E-state index >= 15 is 0 Å². The van der Waals surface area contributed by atoms with E-state index in [9.17, 15) is 27.6 Å². The summed E-state index contributed by atoms with van der Waals surface area (Å²) < 4.78 is 39.4. The van der Waals surface area contributed by atoms with Gasteiger partial charge in [0.15, 0.2) is 0 Å². The number of alkyl halides is 3. The summed E-state index contributed by atoms with van der Waals surface area (Å²) in [5.74, 6) is -1.36. The number of benzene rings is 1. The molecule has 3 amide bonds. The van der Waals surface area contributed by atoms with Crippen molar-refractivity contribution in [2.75, 3.05) is 32.7 Å². The molecule has 1 saturated heterocycles. The standard InChI is InChI=1S/C19H18F3N3O3S/c20-19(21,22)14-5-2-1-4-13(14)18(28)25-9-7-24(8-10-25)16(26)12-23-17(27)15-6-3-11-29-15/h1-6,11H,7-10,12H2,(H,23,27). The van der Waals surface area contributed by atoms with Gasteiger partial charge >= 0.3 is 6.18 Å². The van der Waals surface area contributed by atoms with Crippen molar-refractivity contribution < 1.29 is 27.6 Å². The lowest BCUT2D eigenvalue weighted by molar-refractivity contribution is -0.138. The third kappa shape index (κ3) is 4.94. The zero-order valence-electron chi connectivity index (χ0n) is 15.2. The number of amides is 3. The molecule has 0 spiro atoms. The third-order valence-corrected chi connectivity index (χ3v) is 5.40. The van der Waals surface area contributed by atoms with Crippen LogP contribution in [0.25, 0.3) is 0 Å². The van der Waals surface area contributed by atoms with Crippen molar-refractivity contribution >= 4 is 29.1 Å². The molecule has 1 aliphatic heterocycles. The van der Waals surface area contributed by atoms with Gasteiger partial charge in [-0.05, 0) is 23.6 Å². The van der Waals surface area contributed by atoms with Gasteiger partial charge in [0, 0.05) is 26.2 Å². The second-order valence-electron chi connectivity index (χ2n) is 6.38. The summed E-state index contributed by atoms with van der Waals surface area (Å²) in [5.41, 5.74) is -1.37. The van der Waals surface area contributed by atoms with Crippen LogP contribution in [0.4, 0.5) is 13.2 Å². The molecule has 29 heavy (non-hydrogen) atoms. The maximum absolute atomic E-state index is 13.1. The fraction of sp³-hybridized carbons (Fsp3) is 0.316. The lowest BCUT2D eigenvalue weighted by Gasteiger charge is -2.35. The molecule has 1 N–H and O–H groups in total. The summed E-state index contributed by atoms with van der Waals surface area (Å²) >= 11 is 1.26. The van der Waals surface area contributed by atoms with Gasteiger partial charge in [0.05, 0.1) is 22.5 Å². The fourth-order valence-corrected chi connectivity index (χ4v) is 3.65. The van der Waals surface area contributed by atoms with Crippen molar-refractivity contribution in [2.45, 2.75) is 6.18 Å². The molecule has 1 aliphatic rings. The van der Waals surface area contributed by atoms with E-state index in [1.807, 2.05) is 0 Å². The Hall–Kier alpha value is -2.88. The Morgan fingerprint density at radius 3 is 2.24 bits per heavy atom. The molecule has 2 heterocycles. The summed E-state index contributed by atoms with van der Waals surface area (Å²) in [6.45, 7) is 0.439. The molecule has 0 radical (unpaired) electrons. The normalized spacial score (nSPS) is 14.6. The highest BCUT2D eigenvalue weighted by atomic mass is 32.1. The lowest BCUT2D eigenvalue weighted by Crippen LogP contribution is -2.52. The van der Waals surface area contributed by atoms with Gasteiger partial charge < -0.3 is 15.1 Å². The zero-order valence-corrected chi connectivity index (χ0v) is 16.1. The Morgan fingerprint density at radius 2 is 1.62 bits per heavy atom. The molecule has 0 atom stereocenters. The SMILES string of the molecule is O=C(NCC(=O)N1CCN(C(=O)c2ccccc2C(F)(F)F)CC1)c1cccs1. The minimum absolute atomic E-state index is 0.121. The van der Waals surface area contributed by atoms with E-state index in [0.717, 1.165) is 12.1 Å². The molecular weight excluding hydrogens is 407 g/mol. The van der Waals surface area contributed by atoms with E-state index in [4.69, 9.17) is 0 Å². The summed E-state index contributed by atoms with van der Waals surface area (Å²) in [7, 11) is 0. The highest BCUT2D eigenvalue weighted by molar-refractivity contribution is 7.12. The van der Waals surface area contributed by atoms with Crippen LogP contribution in [0, 0.1) is 0 Å². The minimum Gasteiger partial charge on any atom is -0.342 e. The van der Waals surface area contributed by atoms with Crippen molar-refractivity contribution in [3.05, 3.63) is 57.8 Å². The second kappa shape index (κ2) is 8.64. The summed E-state index contributed by atoms with van der Waals surface area (Å²) in [6, 6.07) is 8.04. The van der Waals surface area contributed by atoms with Crippen LogP contribution in [0.5, 0.6) is 0 Å². The van der Waals surface area contributed by atoms with Crippen LogP contribution in [0.3, 0.4) is 0 Å². The molecule has 0 bridgehead atoms. The van der Waals surface area contributed by atoms with Gasteiger partial charge in [-0.3, -0.25) is 14.4 Å². The summed E-state index contributed by atoms with van der Waals surface area (Å²) in [5, 5.41) is 4.29. The predicted molar refractivity (Wildman–Crippen MR) is 101 cm³/mol. The van der Waals surface area contributed by atoms with Crippen molar-refractivity contribution in [1.29, 1.82) is 0 Å². The van der Waals surface area contributed by atoms with Crippen molar-refractivity contribution in [3.63, 3.8) is 0 Å². The second-order valence-corrected chi connectivity index (χ2v) is 7.32. The molecule has 1 fully saturated rings. The summed E-state index contributed by atoms with van der Waals surface area (Å²) in [6.07, 6.45) is -4.62. The topological polar surface area (TPSA) is 69.7 Å². The van der Waals surface area contributed by atoms with Crippen LogP contribution < -0.4 is 5.32 Å². The highest BCUT2D eigenvalue weighted by Gasteiger charge is 2.36. The van der Waals surface area contributed by atoms with Crippen LogP contribution in [0.15, 0.2) is 41.8 Å². The number of hydrogen-bond acceptors (Lipinski definition) is 4. The number of carbonyl (C=O) groups excluding carboxylic acids is 3. The van der Waals surface area contributed by atoms with E-state index in [1.165, 1.54) is 33.3 Å². The summed E-state index contributed by atoms with van der Waals surface area (Å²) in [4.78, 5) is 40.0. The number of thiophene rings is 1. The smallest absolute Gasteiger partial charge is 0.342 e. The van der Waals surface area contributed by atoms with Crippen LogP contribution in [-0.4, -0.2) is 60.2 Å². The molecule has 1 aromatic heterocycles. The van der Waals surface area contributed by atoms with E-state index in [-0.39, 0.29) is 44.5 Å². The first-order valence-electron chi connectivity index (χ1n) is 8.82. The first-order chi connectivity index (χ1) is 13.8. The number of hydrogen-bond donors (Lipinski definition) is 1. The number of halogens is 3. The molecule has 2 aromatic rings.